The fraction of sp³-hybridized carbons (Fsp3) is 0.417. The first-order chi connectivity index (χ1) is 17.3. The molecular formula is C24H26F3N7O2. The van der Waals surface area contributed by atoms with E-state index in [0.717, 1.165) is 0 Å². The van der Waals surface area contributed by atoms with E-state index in [1.165, 1.54) is 17.1 Å². The van der Waals surface area contributed by atoms with Crippen LogP contribution in [0, 0.1) is 18.7 Å². The minimum absolute atomic E-state index is 0.0771. The van der Waals surface area contributed by atoms with Gasteiger partial charge in [-0.05, 0) is 31.5 Å². The number of pyridine rings is 1. The second kappa shape index (κ2) is 9.86. The summed E-state index contributed by atoms with van der Waals surface area (Å²) in [5, 5.41) is 1.47. The molecule has 2 aliphatic rings. The topological polar surface area (TPSA) is 97.5 Å². The number of carbonyl (C=O) groups is 1. The van der Waals surface area contributed by atoms with Gasteiger partial charge in [-0.25, -0.2) is 23.8 Å². The van der Waals surface area contributed by atoms with E-state index in [1.54, 1.807) is 19.1 Å². The highest BCUT2D eigenvalue weighted by atomic mass is 19.1. The lowest BCUT2D eigenvalue weighted by Gasteiger charge is -2.36. The molecule has 2 aliphatic heterocycles. The number of alkyl halides is 1. The van der Waals surface area contributed by atoms with Gasteiger partial charge in [0, 0.05) is 51.4 Å². The van der Waals surface area contributed by atoms with Crippen molar-refractivity contribution in [1.82, 2.24) is 30.3 Å². The van der Waals surface area contributed by atoms with Gasteiger partial charge in [0.05, 0.1) is 11.2 Å². The summed E-state index contributed by atoms with van der Waals surface area (Å²) < 4.78 is 43.1. The number of hydrogen-bond donors (Lipinski definition) is 2. The highest BCUT2D eigenvalue weighted by molar-refractivity contribution is 5.92. The fourth-order valence-corrected chi connectivity index (χ4v) is 4.58. The number of benzene rings is 1. The van der Waals surface area contributed by atoms with Crippen LogP contribution in [0.15, 0.2) is 29.1 Å². The number of halogens is 3. The smallest absolute Gasteiger partial charge is 0.284 e. The summed E-state index contributed by atoms with van der Waals surface area (Å²) >= 11 is 0. The number of aromatic amines is 1. The molecule has 1 amide bonds. The normalized spacial score (nSPS) is 19.2. The number of nitrogens with one attached hydrogen (secondary N) is 2. The third kappa shape index (κ3) is 4.91. The summed E-state index contributed by atoms with van der Waals surface area (Å²) in [4.78, 5) is 38.6. The van der Waals surface area contributed by atoms with Crippen molar-refractivity contribution in [3.8, 4) is 0 Å². The zero-order valence-corrected chi connectivity index (χ0v) is 19.7. The number of aromatic nitrogens is 3. The maximum Gasteiger partial charge on any atom is 0.284 e. The van der Waals surface area contributed by atoms with Gasteiger partial charge in [-0.3, -0.25) is 19.9 Å². The van der Waals surface area contributed by atoms with E-state index < -0.39 is 29.4 Å². The van der Waals surface area contributed by atoms with Crippen LogP contribution in [0.2, 0.25) is 0 Å². The number of hydrogen-bond acceptors (Lipinski definition) is 7. The molecule has 0 aliphatic carbocycles. The second-order valence-electron chi connectivity index (χ2n) is 9.13. The predicted molar refractivity (Wildman–Crippen MR) is 127 cm³/mol. The van der Waals surface area contributed by atoms with Crippen molar-refractivity contribution in [2.45, 2.75) is 26.1 Å². The third-order valence-corrected chi connectivity index (χ3v) is 6.61. The van der Waals surface area contributed by atoms with Crippen molar-refractivity contribution in [3.05, 3.63) is 63.3 Å². The molecule has 2 aromatic heterocycles. The van der Waals surface area contributed by atoms with Crippen LogP contribution in [0.1, 0.15) is 28.2 Å². The first kappa shape index (κ1) is 24.2. The van der Waals surface area contributed by atoms with E-state index in [1.807, 2.05) is 9.80 Å². The van der Waals surface area contributed by atoms with Crippen molar-refractivity contribution in [2.75, 3.05) is 44.2 Å². The van der Waals surface area contributed by atoms with Gasteiger partial charge in [-0.15, -0.1) is 0 Å². The summed E-state index contributed by atoms with van der Waals surface area (Å²) in [6, 6.07) is 6.32. The number of H-pyrrole nitrogens is 1. The standard InChI is InChI=1S/C24H26F3N7O2/c1-14-23(35)30-21-17(28-14)3-2-15(20(21)26)12-32-8-10-33(11-9-32)19-5-4-18(29-22(19)27)24(36)31-34-7-6-16(25)13-34/h2-5,16H,6-13H2,1H3,(H,30,35)(H,31,36). The quantitative estimate of drug-likeness (QED) is 0.516. The van der Waals surface area contributed by atoms with Crippen molar-refractivity contribution < 1.29 is 18.0 Å². The zero-order valence-electron chi connectivity index (χ0n) is 19.7. The van der Waals surface area contributed by atoms with Crippen LogP contribution in [0.4, 0.5) is 18.9 Å². The van der Waals surface area contributed by atoms with E-state index in [-0.39, 0.29) is 29.1 Å². The molecule has 36 heavy (non-hydrogen) atoms. The Morgan fingerprint density at radius 2 is 1.89 bits per heavy atom. The molecule has 1 atom stereocenters. The lowest BCUT2D eigenvalue weighted by atomic mass is 10.1. The minimum Gasteiger partial charge on any atom is -0.365 e. The predicted octanol–water partition coefficient (Wildman–Crippen LogP) is 1.92. The van der Waals surface area contributed by atoms with Crippen LogP contribution < -0.4 is 15.9 Å². The van der Waals surface area contributed by atoms with Gasteiger partial charge in [-0.2, -0.15) is 4.39 Å². The van der Waals surface area contributed by atoms with Crippen LogP contribution in [-0.2, 0) is 6.54 Å². The number of fused-ring (bicyclic) bond motifs is 1. The van der Waals surface area contributed by atoms with Crippen molar-refractivity contribution in [3.63, 3.8) is 0 Å². The number of hydrazine groups is 1. The van der Waals surface area contributed by atoms with Crippen molar-refractivity contribution in [1.29, 1.82) is 0 Å². The van der Waals surface area contributed by atoms with Gasteiger partial charge in [-0.1, -0.05) is 6.07 Å². The van der Waals surface area contributed by atoms with E-state index in [2.05, 4.69) is 20.4 Å². The number of nitrogens with zero attached hydrogens (tertiary/aromatic N) is 5. The Morgan fingerprint density at radius 1 is 1.11 bits per heavy atom. The molecule has 3 aromatic rings. The Balaban J connectivity index is 1.21. The Bertz CT molecular complexity index is 1360. The highest BCUT2D eigenvalue weighted by Gasteiger charge is 2.25. The molecule has 2 N–H and O–H groups in total. The van der Waals surface area contributed by atoms with Crippen LogP contribution >= 0.6 is 0 Å². The maximum atomic E-state index is 15.0. The molecule has 190 valence electrons. The summed E-state index contributed by atoms with van der Waals surface area (Å²) in [6.07, 6.45) is -0.643. The monoisotopic (exact) mass is 501 g/mol. The highest BCUT2D eigenvalue weighted by Crippen LogP contribution is 2.23. The van der Waals surface area contributed by atoms with Gasteiger partial charge in [0.1, 0.15) is 23.1 Å². The molecule has 1 unspecified atom stereocenters. The first-order valence-corrected chi connectivity index (χ1v) is 11.8. The summed E-state index contributed by atoms with van der Waals surface area (Å²) in [5.74, 6) is -1.84. The van der Waals surface area contributed by atoms with Gasteiger partial charge in [0.25, 0.3) is 11.5 Å². The minimum atomic E-state index is -0.987. The Kier molecular flexibility index (Phi) is 6.63. The molecular weight excluding hydrogens is 475 g/mol. The molecule has 4 heterocycles. The number of anilines is 1. The Labute approximate surface area is 204 Å². The largest absolute Gasteiger partial charge is 0.365 e. The molecule has 0 saturated carbocycles. The summed E-state index contributed by atoms with van der Waals surface area (Å²) in [7, 11) is 0. The van der Waals surface area contributed by atoms with E-state index in [4.69, 9.17) is 0 Å². The molecule has 5 rings (SSSR count). The van der Waals surface area contributed by atoms with Crippen LogP contribution in [-0.4, -0.2) is 76.2 Å². The molecule has 2 fully saturated rings. The summed E-state index contributed by atoms with van der Waals surface area (Å²) in [5.41, 5.74) is 3.55. The van der Waals surface area contributed by atoms with E-state index in [0.29, 0.717) is 56.8 Å². The average molecular weight is 502 g/mol. The van der Waals surface area contributed by atoms with E-state index in [9.17, 15) is 18.4 Å². The number of carbonyl (C=O) groups excluding carboxylic acids is 1. The van der Waals surface area contributed by atoms with Crippen LogP contribution in [0.25, 0.3) is 11.0 Å². The Morgan fingerprint density at radius 3 is 2.58 bits per heavy atom. The molecule has 0 spiro atoms. The molecule has 0 radical (unpaired) electrons. The number of rotatable bonds is 5. The number of amides is 1. The van der Waals surface area contributed by atoms with Gasteiger partial charge >= 0.3 is 0 Å². The van der Waals surface area contributed by atoms with Crippen molar-refractivity contribution in [2.24, 2.45) is 0 Å². The maximum absolute atomic E-state index is 15.0. The number of aryl methyl sites for hydroxylation is 1. The molecule has 9 nitrogen and oxygen atoms in total. The number of piperazine rings is 1. The molecule has 1 aromatic carbocycles. The lowest BCUT2D eigenvalue weighted by Crippen LogP contribution is -2.46. The fourth-order valence-electron chi connectivity index (χ4n) is 4.58. The Hall–Kier alpha value is -3.51. The average Bonchev–Trinajstić information content (AvgIpc) is 3.27. The first-order valence-electron chi connectivity index (χ1n) is 11.8. The SMILES string of the molecule is Cc1nc2ccc(CN3CCN(c4ccc(C(=O)NN5CCC(F)C5)nc4F)CC3)c(F)c2[nH]c1=O. The molecule has 12 heteroatoms. The van der Waals surface area contributed by atoms with Crippen LogP contribution in [0.3, 0.4) is 0 Å². The van der Waals surface area contributed by atoms with Gasteiger partial charge < -0.3 is 9.88 Å². The third-order valence-electron chi connectivity index (χ3n) is 6.61. The molecule has 0 bridgehead atoms. The van der Waals surface area contributed by atoms with Gasteiger partial charge in [0.15, 0.2) is 5.82 Å². The summed E-state index contributed by atoms with van der Waals surface area (Å²) in [6.45, 7) is 4.50. The second-order valence-corrected chi connectivity index (χ2v) is 9.13. The van der Waals surface area contributed by atoms with E-state index >= 15 is 4.39 Å². The van der Waals surface area contributed by atoms with Crippen LogP contribution in [0.5, 0.6) is 0 Å². The van der Waals surface area contributed by atoms with Crippen molar-refractivity contribution >= 4 is 22.6 Å². The van der Waals surface area contributed by atoms with Gasteiger partial charge in [0.2, 0.25) is 5.95 Å². The molecule has 2 saturated heterocycles. The zero-order chi connectivity index (χ0) is 25.4. The lowest BCUT2D eigenvalue weighted by molar-refractivity contribution is 0.0811.